The number of nitrogens with two attached hydrogens (primary N) is 1. The van der Waals surface area contributed by atoms with Gasteiger partial charge >= 0.3 is 0 Å². The zero-order valence-electron chi connectivity index (χ0n) is 7.90. The number of nitrogens with one attached hydrogen (secondary N) is 1. The van der Waals surface area contributed by atoms with Crippen molar-refractivity contribution in [1.82, 2.24) is 5.43 Å². The van der Waals surface area contributed by atoms with E-state index in [1.54, 1.807) is 12.4 Å². The van der Waals surface area contributed by atoms with Crippen LogP contribution in [0.5, 0.6) is 0 Å². The zero-order chi connectivity index (χ0) is 10.4. The van der Waals surface area contributed by atoms with E-state index in [-0.39, 0.29) is 5.11 Å². The Morgan fingerprint density at radius 3 is 3.21 bits per heavy atom. The lowest BCUT2D eigenvalue weighted by Crippen LogP contribution is -2.25. The largest absolute Gasteiger partial charge is 0.375 e. The maximum Gasteiger partial charge on any atom is 0.184 e. The molecule has 14 heavy (non-hydrogen) atoms. The van der Waals surface area contributed by atoms with Crippen molar-refractivity contribution in [2.24, 2.45) is 15.8 Å². The number of rotatable bonds is 2. The summed E-state index contributed by atoms with van der Waals surface area (Å²) in [4.78, 5) is 4.05. The molecule has 0 saturated carbocycles. The van der Waals surface area contributed by atoms with Crippen LogP contribution < -0.4 is 11.2 Å². The lowest BCUT2D eigenvalue weighted by atomic mass is 10.1. The summed E-state index contributed by atoms with van der Waals surface area (Å²) in [7, 11) is 0. The highest BCUT2D eigenvalue weighted by molar-refractivity contribution is 7.80. The molecule has 1 aliphatic rings. The Morgan fingerprint density at radius 1 is 1.71 bits per heavy atom. The topological polar surface area (TPSA) is 62.8 Å². The number of allylic oxidation sites excluding steroid dienone is 3. The predicted octanol–water partition coefficient (Wildman–Crippen LogP) is 1.11. The molecule has 0 atom stereocenters. The first-order chi connectivity index (χ1) is 6.70. The summed E-state index contributed by atoms with van der Waals surface area (Å²) in [6, 6.07) is 0. The van der Waals surface area contributed by atoms with Crippen molar-refractivity contribution >= 4 is 29.3 Å². The van der Waals surface area contributed by atoms with E-state index < -0.39 is 0 Å². The van der Waals surface area contributed by atoms with Crippen LogP contribution in [0.2, 0.25) is 0 Å². The van der Waals surface area contributed by atoms with Crippen molar-refractivity contribution in [3.63, 3.8) is 0 Å². The normalized spacial score (nSPS) is 16.1. The maximum atomic E-state index is 5.25. The monoisotopic (exact) mass is 208 g/mol. The van der Waals surface area contributed by atoms with Crippen LogP contribution in [0.4, 0.5) is 0 Å². The van der Waals surface area contributed by atoms with Gasteiger partial charge in [0, 0.05) is 18.0 Å². The standard InChI is InChI=1S/C9H12N4S/c1-7(12-13-9(10)14)8-4-2-3-5-11-6-8/h3-6H,2H2,1H3,(H3,10,13,14)/b12-7-. The molecule has 0 unspecified atom stereocenters. The van der Waals surface area contributed by atoms with Gasteiger partial charge in [0.2, 0.25) is 0 Å². The average molecular weight is 208 g/mol. The Balaban J connectivity index is 2.68. The molecule has 0 saturated heterocycles. The van der Waals surface area contributed by atoms with Gasteiger partial charge in [-0.15, -0.1) is 0 Å². The molecule has 0 aromatic heterocycles. The second-order valence-electron chi connectivity index (χ2n) is 2.73. The molecule has 0 bridgehead atoms. The fraction of sp³-hybridized carbons (Fsp3) is 0.222. The number of hydrogen-bond acceptors (Lipinski definition) is 3. The van der Waals surface area contributed by atoms with Crippen molar-refractivity contribution in [3.05, 3.63) is 23.9 Å². The molecular formula is C9H12N4S. The first-order valence-corrected chi connectivity index (χ1v) is 4.59. The molecule has 0 spiro atoms. The zero-order valence-corrected chi connectivity index (χ0v) is 8.71. The molecule has 5 heteroatoms. The van der Waals surface area contributed by atoms with Crippen LogP contribution in [-0.2, 0) is 0 Å². The Kier molecular flexibility index (Phi) is 4.00. The maximum absolute atomic E-state index is 5.25. The van der Waals surface area contributed by atoms with E-state index in [1.807, 2.05) is 19.1 Å². The van der Waals surface area contributed by atoms with Gasteiger partial charge in [-0.25, -0.2) is 0 Å². The third kappa shape index (κ3) is 3.49. The highest BCUT2D eigenvalue weighted by atomic mass is 32.1. The first kappa shape index (κ1) is 10.6. The summed E-state index contributed by atoms with van der Waals surface area (Å²) < 4.78 is 0. The number of thiocarbonyl (C=S) groups is 1. The van der Waals surface area contributed by atoms with E-state index in [1.165, 1.54) is 0 Å². The Bertz CT molecular complexity index is 339. The number of aliphatic imine (C=N–C) groups is 1. The lowest BCUT2D eigenvalue weighted by molar-refractivity contribution is 1.03. The summed E-state index contributed by atoms with van der Waals surface area (Å²) >= 11 is 4.64. The number of nitrogens with zero attached hydrogens (tertiary/aromatic N) is 2. The average Bonchev–Trinajstić information content (AvgIpc) is 2.42. The Labute approximate surface area is 88.3 Å². The van der Waals surface area contributed by atoms with Gasteiger partial charge in [-0.05, 0) is 25.6 Å². The van der Waals surface area contributed by atoms with Gasteiger partial charge in [-0.3, -0.25) is 10.4 Å². The van der Waals surface area contributed by atoms with Crippen molar-refractivity contribution in [2.75, 3.05) is 0 Å². The highest BCUT2D eigenvalue weighted by Crippen LogP contribution is 2.02. The van der Waals surface area contributed by atoms with E-state index in [4.69, 9.17) is 5.73 Å². The molecule has 3 N–H and O–H groups in total. The lowest BCUT2D eigenvalue weighted by Gasteiger charge is -2.00. The highest BCUT2D eigenvalue weighted by Gasteiger charge is 1.99. The van der Waals surface area contributed by atoms with E-state index in [9.17, 15) is 0 Å². The SMILES string of the molecule is C/C(=N/NC(N)=S)C1=CCC=CN=C1. The molecule has 0 aromatic carbocycles. The quantitative estimate of drug-likeness (QED) is 0.406. The van der Waals surface area contributed by atoms with Gasteiger partial charge in [0.05, 0.1) is 5.71 Å². The van der Waals surface area contributed by atoms with Crippen molar-refractivity contribution in [2.45, 2.75) is 13.3 Å². The summed E-state index contributed by atoms with van der Waals surface area (Å²) in [5.74, 6) is 0. The first-order valence-electron chi connectivity index (χ1n) is 4.18. The Morgan fingerprint density at radius 2 is 2.50 bits per heavy atom. The van der Waals surface area contributed by atoms with Crippen LogP contribution in [0.1, 0.15) is 13.3 Å². The summed E-state index contributed by atoms with van der Waals surface area (Å²) in [6.45, 7) is 1.87. The van der Waals surface area contributed by atoms with E-state index in [0.29, 0.717) is 0 Å². The number of hydrazone groups is 1. The van der Waals surface area contributed by atoms with Crippen LogP contribution in [0, 0.1) is 0 Å². The van der Waals surface area contributed by atoms with Gasteiger partial charge in [-0.1, -0.05) is 12.2 Å². The minimum absolute atomic E-state index is 0.161. The molecule has 0 aromatic rings. The number of hydrogen-bond donors (Lipinski definition) is 2. The second-order valence-corrected chi connectivity index (χ2v) is 3.17. The van der Waals surface area contributed by atoms with Gasteiger partial charge in [0.1, 0.15) is 0 Å². The molecule has 0 amide bonds. The molecule has 74 valence electrons. The molecule has 1 aliphatic heterocycles. The van der Waals surface area contributed by atoms with Gasteiger partial charge in [0.15, 0.2) is 5.11 Å². The molecule has 1 rings (SSSR count). The van der Waals surface area contributed by atoms with Crippen molar-refractivity contribution < 1.29 is 0 Å². The van der Waals surface area contributed by atoms with Crippen LogP contribution in [0.25, 0.3) is 0 Å². The molecular weight excluding hydrogens is 196 g/mol. The van der Waals surface area contributed by atoms with Crippen molar-refractivity contribution in [1.29, 1.82) is 0 Å². The molecule has 0 radical (unpaired) electrons. The minimum atomic E-state index is 0.161. The van der Waals surface area contributed by atoms with Crippen LogP contribution in [0.3, 0.4) is 0 Å². The summed E-state index contributed by atoms with van der Waals surface area (Å²) in [5, 5.41) is 4.16. The van der Waals surface area contributed by atoms with Gasteiger partial charge in [0.25, 0.3) is 0 Å². The fourth-order valence-electron chi connectivity index (χ4n) is 0.937. The third-order valence-corrected chi connectivity index (χ3v) is 1.72. The predicted molar refractivity (Wildman–Crippen MR) is 63.4 cm³/mol. The van der Waals surface area contributed by atoms with Crippen LogP contribution in [0.15, 0.2) is 34.0 Å². The van der Waals surface area contributed by atoms with E-state index in [0.717, 1.165) is 17.7 Å². The van der Waals surface area contributed by atoms with Crippen LogP contribution >= 0.6 is 12.2 Å². The second kappa shape index (κ2) is 5.29. The molecule has 0 fully saturated rings. The van der Waals surface area contributed by atoms with E-state index in [2.05, 4.69) is 27.7 Å². The molecule has 1 heterocycles. The summed E-state index contributed by atoms with van der Waals surface area (Å²) in [5.41, 5.74) is 9.57. The van der Waals surface area contributed by atoms with Crippen LogP contribution in [-0.4, -0.2) is 17.0 Å². The minimum Gasteiger partial charge on any atom is -0.375 e. The molecule has 4 nitrogen and oxygen atoms in total. The Hall–Kier alpha value is -1.49. The third-order valence-electron chi connectivity index (χ3n) is 1.63. The smallest absolute Gasteiger partial charge is 0.184 e. The van der Waals surface area contributed by atoms with E-state index >= 15 is 0 Å². The molecule has 0 aliphatic carbocycles. The summed E-state index contributed by atoms with van der Waals surface area (Å²) in [6.07, 6.45) is 8.38. The fourth-order valence-corrected chi connectivity index (χ4v) is 0.983. The van der Waals surface area contributed by atoms with Gasteiger partial charge < -0.3 is 5.73 Å². The van der Waals surface area contributed by atoms with Gasteiger partial charge in [-0.2, -0.15) is 5.10 Å². The van der Waals surface area contributed by atoms with Crippen molar-refractivity contribution in [3.8, 4) is 0 Å².